The monoisotopic (exact) mass is 180 g/mol. The van der Waals surface area contributed by atoms with Gasteiger partial charge in [-0.2, -0.15) is 0 Å². The smallest absolute Gasteiger partial charge is 0.123 e. The average molecular weight is 180 g/mol. The summed E-state index contributed by atoms with van der Waals surface area (Å²) < 4.78 is 0. The topological polar surface area (TPSA) is 77.0 Å². The van der Waals surface area contributed by atoms with E-state index in [9.17, 15) is 0 Å². The molecule has 0 saturated carbocycles. The quantitative estimate of drug-likeness (QED) is 0.643. The summed E-state index contributed by atoms with van der Waals surface area (Å²) in [6, 6.07) is 3.65. The van der Waals surface area contributed by atoms with Crippen LogP contribution in [0.3, 0.4) is 0 Å². The molecule has 0 bridgehead atoms. The maximum Gasteiger partial charge on any atom is 0.123 e. The number of nitrogens with two attached hydrogens (primary N) is 2. The van der Waals surface area contributed by atoms with Crippen LogP contribution < -0.4 is 16.8 Å². The van der Waals surface area contributed by atoms with Crippen molar-refractivity contribution in [2.45, 2.75) is 19.4 Å². The molecule has 0 saturated heterocycles. The van der Waals surface area contributed by atoms with Gasteiger partial charge in [0.15, 0.2) is 0 Å². The second kappa shape index (κ2) is 3.62. The fourth-order valence-corrected chi connectivity index (χ4v) is 0.921. The molecule has 0 amide bonds. The van der Waals surface area contributed by atoms with Crippen LogP contribution >= 0.6 is 0 Å². The number of anilines is 2. The first-order valence-corrected chi connectivity index (χ1v) is 4.23. The van der Waals surface area contributed by atoms with Crippen molar-refractivity contribution < 1.29 is 0 Å². The summed E-state index contributed by atoms with van der Waals surface area (Å²) in [6.45, 7) is 4.63. The number of nitrogens with zero attached hydrogens (tertiary/aromatic N) is 1. The minimum Gasteiger partial charge on any atom is -0.384 e. The highest BCUT2D eigenvalue weighted by atomic mass is 15.0. The first kappa shape index (κ1) is 9.80. The number of aromatic nitrogens is 1. The highest BCUT2D eigenvalue weighted by molar-refractivity contribution is 5.47. The van der Waals surface area contributed by atoms with Gasteiger partial charge in [0.25, 0.3) is 0 Å². The Morgan fingerprint density at radius 2 is 2.15 bits per heavy atom. The van der Waals surface area contributed by atoms with E-state index in [0.29, 0.717) is 12.4 Å². The van der Waals surface area contributed by atoms with Gasteiger partial charge in [0.05, 0.1) is 11.9 Å². The van der Waals surface area contributed by atoms with Gasteiger partial charge < -0.3 is 16.8 Å². The van der Waals surface area contributed by atoms with Crippen LogP contribution in [0.4, 0.5) is 11.5 Å². The molecule has 0 fully saturated rings. The minimum absolute atomic E-state index is 0.113. The molecule has 0 aromatic carbocycles. The Morgan fingerprint density at radius 3 is 2.62 bits per heavy atom. The standard InChI is InChI=1S/C9H16N4/c1-9(2,6-10)13-7-3-4-8(11)12-5-7/h3-5,13H,6,10H2,1-2H3,(H2,11,12). The lowest BCUT2D eigenvalue weighted by Gasteiger charge is -2.25. The van der Waals surface area contributed by atoms with Crippen LogP contribution in [0.1, 0.15) is 13.8 Å². The van der Waals surface area contributed by atoms with Crippen LogP contribution in [0.5, 0.6) is 0 Å². The molecule has 0 radical (unpaired) electrons. The Bertz CT molecular complexity index is 265. The predicted octanol–water partition coefficient (Wildman–Crippen LogP) is 0.813. The maximum atomic E-state index is 5.58. The Balaban J connectivity index is 2.69. The zero-order chi connectivity index (χ0) is 9.90. The average Bonchev–Trinajstić information content (AvgIpc) is 2.09. The van der Waals surface area contributed by atoms with E-state index in [4.69, 9.17) is 11.5 Å². The molecule has 72 valence electrons. The molecule has 1 aromatic rings. The lowest BCUT2D eigenvalue weighted by molar-refractivity contribution is 0.580. The molecule has 0 aliphatic carbocycles. The van der Waals surface area contributed by atoms with E-state index in [1.807, 2.05) is 19.9 Å². The number of hydrogen-bond acceptors (Lipinski definition) is 4. The highest BCUT2D eigenvalue weighted by Gasteiger charge is 2.14. The molecule has 4 heteroatoms. The largest absolute Gasteiger partial charge is 0.384 e. The van der Waals surface area contributed by atoms with Crippen LogP contribution in [0, 0.1) is 0 Å². The normalized spacial score (nSPS) is 11.3. The van der Waals surface area contributed by atoms with Crippen LogP contribution in [0.25, 0.3) is 0 Å². The third-order valence-corrected chi connectivity index (χ3v) is 1.78. The SMILES string of the molecule is CC(C)(CN)Nc1ccc(N)nc1. The van der Waals surface area contributed by atoms with Crippen LogP contribution in [-0.2, 0) is 0 Å². The molecule has 0 spiro atoms. The number of nitrogens with one attached hydrogen (secondary N) is 1. The molecule has 1 aromatic heterocycles. The summed E-state index contributed by atoms with van der Waals surface area (Å²) in [6.07, 6.45) is 1.70. The molecule has 0 unspecified atom stereocenters. The number of hydrogen-bond donors (Lipinski definition) is 3. The van der Waals surface area contributed by atoms with Gasteiger partial charge in [-0.25, -0.2) is 4.98 Å². The summed E-state index contributed by atoms with van der Waals surface area (Å²) in [5, 5.41) is 3.25. The van der Waals surface area contributed by atoms with Gasteiger partial charge in [0.1, 0.15) is 5.82 Å². The Hall–Kier alpha value is -1.29. The fraction of sp³-hybridized carbons (Fsp3) is 0.444. The van der Waals surface area contributed by atoms with Crippen molar-refractivity contribution in [2.75, 3.05) is 17.6 Å². The third-order valence-electron chi connectivity index (χ3n) is 1.78. The van der Waals surface area contributed by atoms with Gasteiger partial charge in [-0.15, -0.1) is 0 Å². The zero-order valence-electron chi connectivity index (χ0n) is 8.04. The first-order valence-electron chi connectivity index (χ1n) is 4.23. The molecule has 13 heavy (non-hydrogen) atoms. The summed E-state index contributed by atoms with van der Waals surface area (Å²) in [5.74, 6) is 0.524. The molecule has 0 aliphatic rings. The van der Waals surface area contributed by atoms with Crippen molar-refractivity contribution >= 4 is 11.5 Å². The van der Waals surface area contributed by atoms with E-state index < -0.39 is 0 Å². The number of pyridine rings is 1. The molecule has 0 aliphatic heterocycles. The van der Waals surface area contributed by atoms with E-state index in [-0.39, 0.29) is 5.54 Å². The lowest BCUT2D eigenvalue weighted by atomic mass is 10.1. The summed E-state index contributed by atoms with van der Waals surface area (Å²) in [4.78, 5) is 3.97. The Kier molecular flexibility index (Phi) is 2.72. The van der Waals surface area contributed by atoms with Gasteiger partial charge in [0, 0.05) is 12.1 Å². The van der Waals surface area contributed by atoms with Crippen LogP contribution in [0.15, 0.2) is 18.3 Å². The van der Waals surface area contributed by atoms with Crippen molar-refractivity contribution in [3.63, 3.8) is 0 Å². The molecule has 0 atom stereocenters. The summed E-state index contributed by atoms with van der Waals surface area (Å²) in [7, 11) is 0. The second-order valence-corrected chi connectivity index (χ2v) is 3.68. The molecule has 1 heterocycles. The second-order valence-electron chi connectivity index (χ2n) is 3.68. The van der Waals surface area contributed by atoms with Crippen molar-refractivity contribution in [2.24, 2.45) is 5.73 Å². The van der Waals surface area contributed by atoms with E-state index in [0.717, 1.165) is 5.69 Å². The molecule has 4 nitrogen and oxygen atoms in total. The predicted molar refractivity (Wildman–Crippen MR) is 55.4 cm³/mol. The molecule has 1 rings (SSSR count). The van der Waals surface area contributed by atoms with E-state index >= 15 is 0 Å². The third kappa shape index (κ3) is 2.91. The molecular formula is C9H16N4. The van der Waals surface area contributed by atoms with Crippen molar-refractivity contribution in [1.29, 1.82) is 0 Å². The number of nitrogen functional groups attached to an aromatic ring is 1. The molecular weight excluding hydrogens is 164 g/mol. The van der Waals surface area contributed by atoms with Crippen molar-refractivity contribution in [3.05, 3.63) is 18.3 Å². The summed E-state index contributed by atoms with van der Waals surface area (Å²) in [5.41, 5.74) is 11.9. The van der Waals surface area contributed by atoms with Crippen LogP contribution in [0.2, 0.25) is 0 Å². The van der Waals surface area contributed by atoms with E-state index in [1.54, 1.807) is 12.3 Å². The maximum absolute atomic E-state index is 5.58. The lowest BCUT2D eigenvalue weighted by Crippen LogP contribution is -2.39. The van der Waals surface area contributed by atoms with E-state index in [2.05, 4.69) is 10.3 Å². The Labute approximate surface area is 78.3 Å². The number of rotatable bonds is 3. The van der Waals surface area contributed by atoms with Crippen molar-refractivity contribution in [3.8, 4) is 0 Å². The van der Waals surface area contributed by atoms with Crippen LogP contribution in [-0.4, -0.2) is 17.1 Å². The van der Waals surface area contributed by atoms with Crippen molar-refractivity contribution in [1.82, 2.24) is 4.98 Å². The van der Waals surface area contributed by atoms with E-state index in [1.165, 1.54) is 0 Å². The zero-order valence-corrected chi connectivity index (χ0v) is 8.04. The summed E-state index contributed by atoms with van der Waals surface area (Å²) >= 11 is 0. The fourth-order valence-electron chi connectivity index (χ4n) is 0.921. The van der Waals surface area contributed by atoms with Gasteiger partial charge in [-0.3, -0.25) is 0 Å². The van der Waals surface area contributed by atoms with Gasteiger partial charge >= 0.3 is 0 Å². The van der Waals surface area contributed by atoms with Gasteiger partial charge in [-0.05, 0) is 26.0 Å². The minimum atomic E-state index is -0.113. The first-order chi connectivity index (χ1) is 6.03. The molecule has 5 N–H and O–H groups in total. The van der Waals surface area contributed by atoms with Gasteiger partial charge in [0.2, 0.25) is 0 Å². The highest BCUT2D eigenvalue weighted by Crippen LogP contribution is 2.13. The van der Waals surface area contributed by atoms with Gasteiger partial charge in [-0.1, -0.05) is 0 Å². The Morgan fingerprint density at radius 1 is 1.46 bits per heavy atom.